The molecule has 0 saturated carbocycles. The summed E-state index contributed by atoms with van der Waals surface area (Å²) in [5.41, 5.74) is 8.13. The Morgan fingerprint density at radius 1 is 1.10 bits per heavy atom. The van der Waals surface area contributed by atoms with Crippen molar-refractivity contribution in [1.29, 1.82) is 0 Å². The maximum absolute atomic E-state index is 12.5. The highest BCUT2D eigenvalue weighted by molar-refractivity contribution is 6.31. The minimum atomic E-state index is -0.120. The van der Waals surface area contributed by atoms with Crippen molar-refractivity contribution in [2.75, 3.05) is 5.73 Å². The summed E-state index contributed by atoms with van der Waals surface area (Å²) in [7, 11) is 0. The molecule has 0 amide bonds. The molecule has 1 aromatic heterocycles. The SMILES string of the molecule is Nc1cc(Cl)ccc1C(=O)c1ccc2ncccc2c1. The van der Waals surface area contributed by atoms with Crippen LogP contribution >= 0.6 is 11.6 Å². The van der Waals surface area contributed by atoms with Crippen LogP contribution in [0.25, 0.3) is 10.9 Å². The molecule has 4 heteroatoms. The van der Waals surface area contributed by atoms with Crippen molar-refractivity contribution in [2.24, 2.45) is 0 Å². The number of aromatic nitrogens is 1. The summed E-state index contributed by atoms with van der Waals surface area (Å²) in [5, 5.41) is 1.44. The fourth-order valence-electron chi connectivity index (χ4n) is 2.11. The van der Waals surface area contributed by atoms with Crippen LogP contribution in [-0.4, -0.2) is 10.8 Å². The standard InChI is InChI=1S/C16H11ClN2O/c17-12-4-5-13(14(18)9-12)16(20)11-3-6-15-10(8-11)2-1-7-19-15/h1-9H,18H2. The number of nitrogens with zero attached hydrogens (tertiary/aromatic N) is 1. The molecule has 1 heterocycles. The zero-order chi connectivity index (χ0) is 14.1. The Morgan fingerprint density at radius 2 is 1.95 bits per heavy atom. The number of carbonyl (C=O) groups is 1. The van der Waals surface area contributed by atoms with Crippen molar-refractivity contribution >= 4 is 34.0 Å². The van der Waals surface area contributed by atoms with Crippen LogP contribution in [0.1, 0.15) is 15.9 Å². The lowest BCUT2D eigenvalue weighted by Crippen LogP contribution is -2.05. The highest BCUT2D eigenvalue weighted by atomic mass is 35.5. The number of benzene rings is 2. The lowest BCUT2D eigenvalue weighted by atomic mass is 10.0. The molecule has 0 aliphatic heterocycles. The van der Waals surface area contributed by atoms with E-state index in [1.807, 2.05) is 24.3 Å². The van der Waals surface area contributed by atoms with E-state index < -0.39 is 0 Å². The van der Waals surface area contributed by atoms with E-state index in [1.165, 1.54) is 0 Å². The number of halogens is 1. The number of nitrogen functional groups attached to an aromatic ring is 1. The summed E-state index contributed by atoms with van der Waals surface area (Å²) in [5.74, 6) is -0.120. The van der Waals surface area contributed by atoms with Gasteiger partial charge in [0, 0.05) is 33.4 Å². The number of ketones is 1. The molecule has 0 spiro atoms. The molecular formula is C16H11ClN2O. The van der Waals surface area contributed by atoms with E-state index in [4.69, 9.17) is 17.3 Å². The van der Waals surface area contributed by atoms with Gasteiger partial charge >= 0.3 is 0 Å². The topological polar surface area (TPSA) is 56.0 Å². The molecular weight excluding hydrogens is 272 g/mol. The molecule has 0 radical (unpaired) electrons. The van der Waals surface area contributed by atoms with E-state index in [1.54, 1.807) is 30.5 Å². The fourth-order valence-corrected chi connectivity index (χ4v) is 2.29. The molecule has 0 saturated heterocycles. The highest BCUT2D eigenvalue weighted by Gasteiger charge is 2.13. The molecule has 20 heavy (non-hydrogen) atoms. The monoisotopic (exact) mass is 282 g/mol. The van der Waals surface area contributed by atoms with Crippen LogP contribution in [-0.2, 0) is 0 Å². The molecule has 3 rings (SSSR count). The van der Waals surface area contributed by atoms with Crippen molar-refractivity contribution in [1.82, 2.24) is 4.98 Å². The number of anilines is 1. The number of hydrogen-bond acceptors (Lipinski definition) is 3. The second-order valence-electron chi connectivity index (χ2n) is 4.47. The second kappa shape index (κ2) is 4.94. The number of rotatable bonds is 2. The lowest BCUT2D eigenvalue weighted by molar-refractivity contribution is 0.103. The van der Waals surface area contributed by atoms with Gasteiger partial charge in [0.1, 0.15) is 0 Å². The van der Waals surface area contributed by atoms with Crippen molar-refractivity contribution in [3.8, 4) is 0 Å². The fraction of sp³-hybridized carbons (Fsp3) is 0. The second-order valence-corrected chi connectivity index (χ2v) is 4.91. The van der Waals surface area contributed by atoms with Crippen LogP contribution in [0.2, 0.25) is 5.02 Å². The minimum Gasteiger partial charge on any atom is -0.398 e. The minimum absolute atomic E-state index is 0.120. The molecule has 0 aliphatic rings. The number of hydrogen-bond donors (Lipinski definition) is 1. The van der Waals surface area contributed by atoms with Crippen LogP contribution in [0, 0.1) is 0 Å². The highest BCUT2D eigenvalue weighted by Crippen LogP contribution is 2.22. The Kier molecular flexibility index (Phi) is 3.12. The lowest BCUT2D eigenvalue weighted by Gasteiger charge is -2.06. The van der Waals surface area contributed by atoms with Crippen molar-refractivity contribution in [3.63, 3.8) is 0 Å². The Bertz CT molecular complexity index is 814. The van der Waals surface area contributed by atoms with Gasteiger partial charge in [-0.05, 0) is 42.5 Å². The average molecular weight is 283 g/mol. The zero-order valence-corrected chi connectivity index (χ0v) is 11.3. The van der Waals surface area contributed by atoms with E-state index in [0.29, 0.717) is 21.8 Å². The first kappa shape index (κ1) is 12.6. The Hall–Kier alpha value is -2.39. The van der Waals surface area contributed by atoms with Gasteiger partial charge < -0.3 is 5.73 Å². The maximum Gasteiger partial charge on any atom is 0.195 e. The number of pyridine rings is 1. The van der Waals surface area contributed by atoms with Crippen LogP contribution in [0.5, 0.6) is 0 Å². The Balaban J connectivity index is 2.08. The van der Waals surface area contributed by atoms with Gasteiger partial charge in [-0.15, -0.1) is 0 Å². The van der Waals surface area contributed by atoms with E-state index in [0.717, 1.165) is 10.9 Å². The molecule has 2 aromatic carbocycles. The molecule has 3 nitrogen and oxygen atoms in total. The van der Waals surface area contributed by atoms with Crippen LogP contribution < -0.4 is 5.73 Å². The summed E-state index contributed by atoms with van der Waals surface area (Å²) in [6.45, 7) is 0. The summed E-state index contributed by atoms with van der Waals surface area (Å²) in [6.07, 6.45) is 1.72. The third-order valence-electron chi connectivity index (χ3n) is 3.12. The summed E-state index contributed by atoms with van der Waals surface area (Å²) >= 11 is 5.85. The Labute approximate surface area is 121 Å². The molecule has 0 atom stereocenters. The van der Waals surface area contributed by atoms with Crippen LogP contribution in [0.15, 0.2) is 54.7 Å². The summed E-state index contributed by atoms with van der Waals surface area (Å²) < 4.78 is 0. The van der Waals surface area contributed by atoms with E-state index in [2.05, 4.69) is 4.98 Å². The van der Waals surface area contributed by atoms with Gasteiger partial charge in [0.15, 0.2) is 5.78 Å². The number of fused-ring (bicyclic) bond motifs is 1. The molecule has 0 fully saturated rings. The predicted molar refractivity (Wildman–Crippen MR) is 81.0 cm³/mol. The van der Waals surface area contributed by atoms with Gasteiger partial charge in [-0.25, -0.2) is 0 Å². The van der Waals surface area contributed by atoms with Crippen molar-refractivity contribution in [2.45, 2.75) is 0 Å². The Morgan fingerprint density at radius 3 is 2.75 bits per heavy atom. The van der Waals surface area contributed by atoms with Crippen LogP contribution in [0.4, 0.5) is 5.69 Å². The first-order chi connectivity index (χ1) is 9.65. The van der Waals surface area contributed by atoms with Gasteiger partial charge in [0.05, 0.1) is 5.52 Å². The van der Waals surface area contributed by atoms with Gasteiger partial charge in [0.2, 0.25) is 0 Å². The van der Waals surface area contributed by atoms with Crippen molar-refractivity contribution < 1.29 is 4.79 Å². The van der Waals surface area contributed by atoms with Gasteiger partial charge in [-0.2, -0.15) is 0 Å². The number of carbonyl (C=O) groups excluding carboxylic acids is 1. The normalized spacial score (nSPS) is 10.7. The average Bonchev–Trinajstić information content (AvgIpc) is 2.46. The third-order valence-corrected chi connectivity index (χ3v) is 3.36. The van der Waals surface area contributed by atoms with Gasteiger partial charge in [0.25, 0.3) is 0 Å². The van der Waals surface area contributed by atoms with Crippen molar-refractivity contribution in [3.05, 3.63) is 70.9 Å². The van der Waals surface area contributed by atoms with E-state index in [-0.39, 0.29) is 5.78 Å². The zero-order valence-electron chi connectivity index (χ0n) is 10.5. The predicted octanol–water partition coefficient (Wildman–Crippen LogP) is 3.70. The molecule has 98 valence electrons. The summed E-state index contributed by atoms with van der Waals surface area (Å²) in [4.78, 5) is 16.7. The molecule has 2 N–H and O–H groups in total. The number of nitrogens with two attached hydrogens (primary N) is 1. The largest absolute Gasteiger partial charge is 0.398 e. The third kappa shape index (κ3) is 2.24. The summed E-state index contributed by atoms with van der Waals surface area (Å²) in [6, 6.07) is 14.1. The maximum atomic E-state index is 12.5. The molecule has 0 unspecified atom stereocenters. The van der Waals surface area contributed by atoms with Gasteiger partial charge in [-0.1, -0.05) is 17.7 Å². The first-order valence-corrected chi connectivity index (χ1v) is 6.47. The van der Waals surface area contributed by atoms with E-state index >= 15 is 0 Å². The van der Waals surface area contributed by atoms with Gasteiger partial charge in [-0.3, -0.25) is 9.78 Å². The smallest absolute Gasteiger partial charge is 0.195 e. The first-order valence-electron chi connectivity index (χ1n) is 6.09. The molecule has 3 aromatic rings. The van der Waals surface area contributed by atoms with E-state index in [9.17, 15) is 4.79 Å². The quantitative estimate of drug-likeness (QED) is 0.576. The van der Waals surface area contributed by atoms with Crippen LogP contribution in [0.3, 0.4) is 0 Å². The molecule has 0 aliphatic carbocycles. The molecule has 0 bridgehead atoms.